The van der Waals surface area contributed by atoms with E-state index >= 15 is 0 Å². The highest BCUT2D eigenvalue weighted by Gasteiger charge is 2.23. The van der Waals surface area contributed by atoms with Crippen LogP contribution in [0.15, 0.2) is 51.6 Å². The summed E-state index contributed by atoms with van der Waals surface area (Å²) >= 11 is 0. The van der Waals surface area contributed by atoms with Crippen molar-refractivity contribution in [2.45, 2.75) is 31.6 Å². The van der Waals surface area contributed by atoms with Crippen LogP contribution in [0.1, 0.15) is 48.0 Å². The Morgan fingerprint density at radius 1 is 1.17 bits per heavy atom. The van der Waals surface area contributed by atoms with Gasteiger partial charge in [0.2, 0.25) is 11.7 Å². The minimum absolute atomic E-state index is 0.267. The maximum atomic E-state index is 12.0. The van der Waals surface area contributed by atoms with Gasteiger partial charge in [0.1, 0.15) is 0 Å². The molecule has 1 aliphatic carbocycles. The summed E-state index contributed by atoms with van der Waals surface area (Å²) in [6.45, 7) is 0. The Bertz CT molecular complexity index is 833. The van der Waals surface area contributed by atoms with Crippen molar-refractivity contribution >= 4 is 11.6 Å². The second-order valence-electron chi connectivity index (χ2n) is 5.95. The number of anilines is 1. The highest BCUT2D eigenvalue weighted by Crippen LogP contribution is 2.34. The van der Waals surface area contributed by atoms with E-state index in [1.165, 1.54) is 19.1 Å². The zero-order valence-corrected chi connectivity index (χ0v) is 13.1. The molecule has 0 bridgehead atoms. The van der Waals surface area contributed by atoms with Crippen LogP contribution in [-0.2, 0) is 0 Å². The zero-order valence-electron chi connectivity index (χ0n) is 13.1. The molecule has 1 saturated carbocycles. The van der Waals surface area contributed by atoms with Gasteiger partial charge in [-0.05, 0) is 37.1 Å². The maximum Gasteiger partial charge on any atom is 0.291 e. The third kappa shape index (κ3) is 2.95. The van der Waals surface area contributed by atoms with Crippen LogP contribution in [0.2, 0.25) is 0 Å². The third-order valence-electron chi connectivity index (χ3n) is 4.27. The first-order valence-electron chi connectivity index (χ1n) is 8.08. The molecule has 24 heavy (non-hydrogen) atoms. The summed E-state index contributed by atoms with van der Waals surface area (Å²) in [6.07, 6.45) is 6.13. The van der Waals surface area contributed by atoms with Gasteiger partial charge in [-0.2, -0.15) is 4.98 Å². The molecule has 1 N–H and O–H groups in total. The van der Waals surface area contributed by atoms with Gasteiger partial charge in [-0.1, -0.05) is 30.1 Å². The Kier molecular flexibility index (Phi) is 3.86. The molecule has 4 rings (SSSR count). The van der Waals surface area contributed by atoms with Crippen LogP contribution in [-0.4, -0.2) is 16.0 Å². The molecule has 1 fully saturated rings. The van der Waals surface area contributed by atoms with Crippen LogP contribution in [0.4, 0.5) is 5.69 Å². The van der Waals surface area contributed by atoms with Crippen molar-refractivity contribution in [3.8, 4) is 11.4 Å². The summed E-state index contributed by atoms with van der Waals surface area (Å²) in [4.78, 5) is 16.6. The van der Waals surface area contributed by atoms with E-state index < -0.39 is 0 Å². The van der Waals surface area contributed by atoms with Crippen LogP contribution in [0.25, 0.3) is 11.4 Å². The van der Waals surface area contributed by atoms with E-state index in [9.17, 15) is 4.79 Å². The average Bonchev–Trinajstić information content (AvgIpc) is 3.36. The molecule has 0 unspecified atom stereocenters. The molecule has 0 atom stereocenters. The lowest BCUT2D eigenvalue weighted by molar-refractivity contribution is 0.0996. The normalized spacial score (nSPS) is 14.8. The molecule has 2 aromatic heterocycles. The van der Waals surface area contributed by atoms with Crippen LogP contribution in [0, 0.1) is 0 Å². The van der Waals surface area contributed by atoms with Crippen LogP contribution < -0.4 is 5.32 Å². The first kappa shape index (κ1) is 14.7. The zero-order chi connectivity index (χ0) is 16.4. The van der Waals surface area contributed by atoms with Crippen molar-refractivity contribution in [1.29, 1.82) is 0 Å². The van der Waals surface area contributed by atoms with Crippen LogP contribution in [0.3, 0.4) is 0 Å². The number of amides is 1. The Labute approximate surface area is 138 Å². The monoisotopic (exact) mass is 323 g/mol. The molecule has 122 valence electrons. The van der Waals surface area contributed by atoms with Gasteiger partial charge in [0.05, 0.1) is 6.26 Å². The van der Waals surface area contributed by atoms with E-state index in [-0.39, 0.29) is 11.7 Å². The van der Waals surface area contributed by atoms with Gasteiger partial charge in [-0.3, -0.25) is 4.79 Å². The topological polar surface area (TPSA) is 81.2 Å². The number of aromatic nitrogens is 2. The third-order valence-corrected chi connectivity index (χ3v) is 4.27. The summed E-state index contributed by atoms with van der Waals surface area (Å²) < 4.78 is 10.5. The van der Waals surface area contributed by atoms with E-state index in [4.69, 9.17) is 8.94 Å². The molecule has 1 aliphatic rings. The number of nitrogens with zero attached hydrogens (tertiary/aromatic N) is 2. The highest BCUT2D eigenvalue weighted by molar-refractivity contribution is 6.02. The first-order chi connectivity index (χ1) is 11.8. The number of hydrogen-bond donors (Lipinski definition) is 1. The number of rotatable bonds is 4. The van der Waals surface area contributed by atoms with Gasteiger partial charge in [0.15, 0.2) is 5.76 Å². The van der Waals surface area contributed by atoms with Crippen molar-refractivity contribution in [2.75, 3.05) is 5.32 Å². The van der Waals surface area contributed by atoms with E-state index in [2.05, 4.69) is 15.5 Å². The highest BCUT2D eigenvalue weighted by atomic mass is 16.5. The van der Waals surface area contributed by atoms with E-state index in [1.807, 2.05) is 24.3 Å². The molecule has 1 amide bonds. The van der Waals surface area contributed by atoms with Crippen molar-refractivity contribution < 1.29 is 13.7 Å². The number of carbonyl (C=O) groups is 1. The smallest absolute Gasteiger partial charge is 0.291 e. The summed E-state index contributed by atoms with van der Waals surface area (Å²) in [5, 5.41) is 6.88. The Hall–Kier alpha value is -2.89. The van der Waals surface area contributed by atoms with Gasteiger partial charge in [-0.25, -0.2) is 0 Å². The number of nitrogens with one attached hydrogen (secondary N) is 1. The fraction of sp³-hybridized carbons (Fsp3) is 0.278. The Morgan fingerprint density at radius 3 is 2.83 bits per heavy atom. The average molecular weight is 323 g/mol. The molecule has 6 heteroatoms. The van der Waals surface area contributed by atoms with Gasteiger partial charge < -0.3 is 14.3 Å². The molecule has 0 saturated heterocycles. The van der Waals surface area contributed by atoms with Gasteiger partial charge in [0, 0.05) is 17.2 Å². The quantitative estimate of drug-likeness (QED) is 0.776. The summed E-state index contributed by atoms with van der Waals surface area (Å²) in [5.74, 6) is 1.62. The number of benzene rings is 1. The molecule has 2 heterocycles. The standard InChI is InChI=1S/C18H17N3O3/c22-17(15-9-4-10-23-15)19-14-8-3-7-13(11-14)16-20-18(24-21-16)12-5-1-2-6-12/h3-4,7-12H,1-2,5-6H2,(H,19,22). The lowest BCUT2D eigenvalue weighted by Crippen LogP contribution is -2.10. The Morgan fingerprint density at radius 2 is 2.04 bits per heavy atom. The molecular weight excluding hydrogens is 306 g/mol. The summed E-state index contributed by atoms with van der Waals surface area (Å²) in [5.41, 5.74) is 1.46. The fourth-order valence-corrected chi connectivity index (χ4v) is 3.03. The minimum atomic E-state index is -0.295. The first-order valence-corrected chi connectivity index (χ1v) is 8.08. The van der Waals surface area contributed by atoms with Crippen molar-refractivity contribution in [1.82, 2.24) is 10.1 Å². The van der Waals surface area contributed by atoms with E-state index in [1.54, 1.807) is 12.1 Å². The fourth-order valence-electron chi connectivity index (χ4n) is 3.03. The van der Waals surface area contributed by atoms with Crippen molar-refractivity contribution in [3.05, 3.63) is 54.3 Å². The molecule has 0 radical (unpaired) electrons. The molecule has 6 nitrogen and oxygen atoms in total. The van der Waals surface area contributed by atoms with Crippen LogP contribution >= 0.6 is 0 Å². The predicted molar refractivity (Wildman–Crippen MR) is 87.6 cm³/mol. The Balaban J connectivity index is 1.53. The second kappa shape index (κ2) is 6.31. The predicted octanol–water partition coefficient (Wildman–Crippen LogP) is 4.24. The van der Waals surface area contributed by atoms with Gasteiger partial charge >= 0.3 is 0 Å². The number of furan rings is 1. The van der Waals surface area contributed by atoms with E-state index in [0.29, 0.717) is 23.3 Å². The summed E-state index contributed by atoms with van der Waals surface area (Å²) in [7, 11) is 0. The van der Waals surface area contributed by atoms with Crippen LogP contribution in [0.5, 0.6) is 0 Å². The molecular formula is C18H17N3O3. The SMILES string of the molecule is O=C(Nc1cccc(-c2noc(C3CCCC3)n2)c1)c1ccco1. The maximum absolute atomic E-state index is 12.0. The van der Waals surface area contributed by atoms with Crippen molar-refractivity contribution in [2.24, 2.45) is 0 Å². The minimum Gasteiger partial charge on any atom is -0.459 e. The molecule has 1 aromatic carbocycles. The van der Waals surface area contributed by atoms with Gasteiger partial charge in [0.25, 0.3) is 5.91 Å². The second-order valence-corrected chi connectivity index (χ2v) is 5.95. The van der Waals surface area contributed by atoms with Gasteiger partial charge in [-0.15, -0.1) is 0 Å². The van der Waals surface area contributed by atoms with Crippen molar-refractivity contribution in [3.63, 3.8) is 0 Å². The molecule has 3 aromatic rings. The lowest BCUT2D eigenvalue weighted by Gasteiger charge is -2.04. The van der Waals surface area contributed by atoms with E-state index in [0.717, 1.165) is 18.4 Å². The number of hydrogen-bond acceptors (Lipinski definition) is 5. The molecule has 0 aliphatic heterocycles. The molecule has 0 spiro atoms. The number of carbonyl (C=O) groups excluding carboxylic acids is 1. The largest absolute Gasteiger partial charge is 0.459 e. The summed E-state index contributed by atoms with van der Waals surface area (Å²) in [6, 6.07) is 10.7. The lowest BCUT2D eigenvalue weighted by atomic mass is 10.1.